The standard InChI is InChI=1S/C42H44N3O5Se/c1-28(2)24-37(41(47)49-26-30-16-7-4-8-17-30)44-40(51)36(25-29-14-5-3-6-15-29)43-39(46)38-22-13-23-45(38)42(48)50-27-35-33-20-11-9-18-31(33)32-19-10-12-21-34(32)35/h3-12,14-21,28,35-38H,13,22-27H2,1-2H3,(H,43,46)/t36-,37-,38-/m0/s1. The van der Waals surface area contributed by atoms with Crippen molar-refractivity contribution in [1.29, 1.82) is 0 Å². The van der Waals surface area contributed by atoms with Gasteiger partial charge in [0.05, 0.1) is 0 Å². The molecule has 1 saturated heterocycles. The van der Waals surface area contributed by atoms with Gasteiger partial charge >= 0.3 is 273 Å². The van der Waals surface area contributed by atoms with Gasteiger partial charge in [-0.2, -0.15) is 0 Å². The molecule has 2 aliphatic rings. The van der Waals surface area contributed by atoms with Gasteiger partial charge in [-0.1, -0.05) is 36.4 Å². The predicted molar refractivity (Wildman–Crippen MR) is 200 cm³/mol. The van der Waals surface area contributed by atoms with Crippen LogP contribution in [0.1, 0.15) is 61.3 Å². The summed E-state index contributed by atoms with van der Waals surface area (Å²) in [6.07, 6.45) is 1.65. The van der Waals surface area contributed by atoms with Crippen molar-refractivity contribution in [2.75, 3.05) is 13.2 Å². The average Bonchev–Trinajstić information content (AvgIpc) is 3.77. The number of amides is 2. The minimum atomic E-state index is -0.746. The first-order valence-corrected chi connectivity index (χ1v) is 18.5. The Morgan fingerprint density at radius 2 is 1.41 bits per heavy atom. The third-order valence-electron chi connectivity index (χ3n) is 9.50. The number of hydrogen-bond acceptors (Lipinski definition) is 6. The van der Waals surface area contributed by atoms with Gasteiger partial charge in [0.25, 0.3) is 0 Å². The summed E-state index contributed by atoms with van der Waals surface area (Å²) in [5.74, 6) is -0.583. The van der Waals surface area contributed by atoms with E-state index in [0.717, 1.165) is 33.4 Å². The maximum absolute atomic E-state index is 14.0. The van der Waals surface area contributed by atoms with Crippen molar-refractivity contribution in [2.24, 2.45) is 10.9 Å². The monoisotopic (exact) mass is 750 g/mol. The van der Waals surface area contributed by atoms with Crippen LogP contribution in [-0.2, 0) is 32.1 Å². The van der Waals surface area contributed by atoms with Crippen LogP contribution in [0.2, 0.25) is 0 Å². The number of nitrogens with one attached hydrogen (secondary N) is 1. The molecule has 3 atom stereocenters. The number of ether oxygens (including phenoxy) is 2. The SMILES string of the molecule is CC(C)C[C@H](N=C([Se])[C@H](Cc1ccccc1)NC(=O)[C@@H]1CCCN1C(=O)OCC1c2ccccc2-c2ccccc21)C(=O)OCc1ccccc1. The number of esters is 1. The predicted octanol–water partition coefficient (Wildman–Crippen LogP) is 6.85. The zero-order chi connectivity index (χ0) is 35.7. The number of fused-ring (bicyclic) bond motifs is 3. The number of benzene rings is 4. The molecule has 0 unspecified atom stereocenters. The van der Waals surface area contributed by atoms with Crippen LogP contribution in [0.15, 0.2) is 114 Å². The summed E-state index contributed by atoms with van der Waals surface area (Å²) < 4.78 is 12.1. The molecule has 1 radical (unpaired) electrons. The first kappa shape index (κ1) is 36.1. The zero-order valence-electron chi connectivity index (χ0n) is 29.1. The molecular weight excluding hydrogens is 705 g/mol. The summed E-state index contributed by atoms with van der Waals surface area (Å²) in [5, 5.41) is 3.17. The molecule has 1 N–H and O–H groups in total. The topological polar surface area (TPSA) is 97.3 Å². The van der Waals surface area contributed by atoms with Crippen molar-refractivity contribution in [1.82, 2.24) is 10.2 Å². The zero-order valence-corrected chi connectivity index (χ0v) is 30.8. The number of hydrogen-bond donors (Lipinski definition) is 1. The number of carbonyl (C=O) groups is 3. The van der Waals surface area contributed by atoms with Gasteiger partial charge in [-0.15, -0.1) is 0 Å². The Bertz CT molecular complexity index is 1800. The first-order chi connectivity index (χ1) is 24.8. The molecule has 51 heavy (non-hydrogen) atoms. The van der Waals surface area contributed by atoms with Crippen molar-refractivity contribution in [3.63, 3.8) is 0 Å². The second kappa shape index (κ2) is 17.0. The van der Waals surface area contributed by atoms with Crippen LogP contribution >= 0.6 is 0 Å². The van der Waals surface area contributed by atoms with Crippen LogP contribution in [0.5, 0.6) is 0 Å². The normalized spacial score (nSPS) is 16.6. The van der Waals surface area contributed by atoms with E-state index >= 15 is 0 Å². The van der Waals surface area contributed by atoms with E-state index in [1.165, 1.54) is 0 Å². The molecule has 0 saturated carbocycles. The second-order valence-electron chi connectivity index (χ2n) is 13.6. The third-order valence-corrected chi connectivity index (χ3v) is 10.3. The Balaban J connectivity index is 1.15. The van der Waals surface area contributed by atoms with Crippen molar-refractivity contribution < 1.29 is 23.9 Å². The molecule has 263 valence electrons. The van der Waals surface area contributed by atoms with Crippen molar-refractivity contribution in [2.45, 2.75) is 70.2 Å². The molecule has 8 nitrogen and oxygen atoms in total. The van der Waals surface area contributed by atoms with Gasteiger partial charge in [0.15, 0.2) is 0 Å². The fraction of sp³-hybridized carbons (Fsp3) is 0.333. The van der Waals surface area contributed by atoms with E-state index in [0.29, 0.717) is 36.8 Å². The third kappa shape index (κ3) is 8.96. The Hall–Kier alpha value is -4.72. The van der Waals surface area contributed by atoms with Crippen molar-refractivity contribution >= 4 is 38.6 Å². The van der Waals surface area contributed by atoms with Gasteiger partial charge in [-0.25, -0.2) is 0 Å². The first-order valence-electron chi connectivity index (χ1n) is 17.7. The number of likely N-dealkylation sites (tertiary alicyclic amines) is 1. The van der Waals surface area contributed by atoms with Crippen LogP contribution in [0.25, 0.3) is 11.1 Å². The van der Waals surface area contributed by atoms with Crippen molar-refractivity contribution in [3.05, 3.63) is 131 Å². The molecule has 0 spiro atoms. The van der Waals surface area contributed by atoms with Gasteiger partial charge in [0, 0.05) is 0 Å². The summed E-state index contributed by atoms with van der Waals surface area (Å²) in [4.78, 5) is 47.3. The van der Waals surface area contributed by atoms with Gasteiger partial charge < -0.3 is 0 Å². The molecule has 1 aliphatic carbocycles. The van der Waals surface area contributed by atoms with Gasteiger partial charge in [0.1, 0.15) is 0 Å². The van der Waals surface area contributed by atoms with Crippen LogP contribution in [0, 0.1) is 5.92 Å². The number of rotatable bonds is 13. The Labute approximate surface area is 308 Å². The van der Waals surface area contributed by atoms with Gasteiger partial charge in [0.2, 0.25) is 0 Å². The number of nitrogens with zero attached hydrogens (tertiary/aromatic N) is 2. The molecule has 4 aromatic carbocycles. The second-order valence-corrected chi connectivity index (χ2v) is 14.5. The van der Waals surface area contributed by atoms with Crippen LogP contribution < -0.4 is 5.32 Å². The summed E-state index contributed by atoms with van der Waals surface area (Å²) >= 11 is 3.05. The van der Waals surface area contributed by atoms with Crippen LogP contribution in [0.4, 0.5) is 4.79 Å². The number of aliphatic imine (C=N–C) groups is 1. The van der Waals surface area contributed by atoms with Gasteiger partial charge in [-0.3, -0.25) is 0 Å². The average molecular weight is 750 g/mol. The molecule has 2 amide bonds. The van der Waals surface area contributed by atoms with Crippen LogP contribution in [0.3, 0.4) is 0 Å². The van der Waals surface area contributed by atoms with Crippen LogP contribution in [-0.4, -0.2) is 74.8 Å². The Morgan fingerprint density at radius 3 is 2.04 bits per heavy atom. The molecule has 1 heterocycles. The fourth-order valence-corrected chi connectivity index (χ4v) is 7.53. The molecule has 0 bridgehead atoms. The summed E-state index contributed by atoms with van der Waals surface area (Å²) in [6, 6.07) is 33.8. The van der Waals surface area contributed by atoms with E-state index < -0.39 is 30.2 Å². The van der Waals surface area contributed by atoms with E-state index in [-0.39, 0.29) is 31.0 Å². The summed E-state index contributed by atoms with van der Waals surface area (Å²) in [6.45, 7) is 4.85. The molecule has 1 aliphatic heterocycles. The Morgan fingerprint density at radius 1 is 0.824 bits per heavy atom. The van der Waals surface area contributed by atoms with E-state index in [9.17, 15) is 14.4 Å². The number of carbonyl (C=O) groups excluding carboxylic acids is 3. The molecule has 4 aromatic rings. The van der Waals surface area contributed by atoms with E-state index in [2.05, 4.69) is 45.6 Å². The fourth-order valence-electron chi connectivity index (χ4n) is 6.97. The summed E-state index contributed by atoms with van der Waals surface area (Å²) in [5.41, 5.74) is 6.48. The van der Waals surface area contributed by atoms with Gasteiger partial charge in [-0.05, 0) is 0 Å². The van der Waals surface area contributed by atoms with Crippen molar-refractivity contribution in [3.8, 4) is 11.1 Å². The molecule has 0 aromatic heterocycles. The van der Waals surface area contributed by atoms with E-state index in [4.69, 9.17) is 14.5 Å². The molecular formula is C42H44N3O5Se. The molecule has 9 heteroatoms. The Kier molecular flexibility index (Phi) is 12.0. The maximum atomic E-state index is 14.0. The quantitative estimate of drug-likeness (QED) is 0.0917. The molecule has 6 rings (SSSR count). The van der Waals surface area contributed by atoms with E-state index in [1.807, 2.05) is 98.8 Å². The summed E-state index contributed by atoms with van der Waals surface area (Å²) in [7, 11) is 0. The minimum absolute atomic E-state index is 0.0703. The van der Waals surface area contributed by atoms with E-state index in [1.54, 1.807) is 4.90 Å². The molecule has 1 fully saturated rings.